The number of imidazole rings is 1. The van der Waals surface area contributed by atoms with Gasteiger partial charge in [-0.15, -0.1) is 0 Å². The first-order valence-electron chi connectivity index (χ1n) is 16.7. The van der Waals surface area contributed by atoms with E-state index in [0.29, 0.717) is 24.4 Å². The van der Waals surface area contributed by atoms with Crippen LogP contribution in [-0.4, -0.2) is 56.5 Å². The van der Waals surface area contributed by atoms with Crippen molar-refractivity contribution in [2.75, 3.05) is 7.05 Å². The molecule has 0 bridgehead atoms. The Hall–Kier alpha value is -4.60. The van der Waals surface area contributed by atoms with Crippen LogP contribution in [0.2, 0.25) is 0 Å². The Morgan fingerprint density at radius 2 is 1.72 bits per heavy atom. The number of nitrogens with one attached hydrogen (secondary N) is 3. The minimum Gasteiger partial charge on any atom is -0.456 e. The Morgan fingerprint density at radius 3 is 2.45 bits per heavy atom. The van der Waals surface area contributed by atoms with Crippen molar-refractivity contribution >= 4 is 28.8 Å². The summed E-state index contributed by atoms with van der Waals surface area (Å²) in [5.74, 6) is -0.222. The van der Waals surface area contributed by atoms with Gasteiger partial charge in [-0.05, 0) is 49.3 Å². The molecule has 1 aliphatic carbocycles. The van der Waals surface area contributed by atoms with Crippen molar-refractivity contribution in [2.45, 2.75) is 90.4 Å². The van der Waals surface area contributed by atoms with Gasteiger partial charge in [0.25, 0.3) is 0 Å². The molecule has 1 saturated carbocycles. The highest BCUT2D eigenvalue weighted by Gasteiger charge is 2.31. The molecule has 250 valence electrons. The molecular formula is C37H48N6O4. The van der Waals surface area contributed by atoms with Gasteiger partial charge in [-0.25, -0.2) is 14.6 Å². The molecule has 0 aliphatic heterocycles. The van der Waals surface area contributed by atoms with Crippen molar-refractivity contribution in [3.05, 3.63) is 89.1 Å². The van der Waals surface area contributed by atoms with Crippen molar-refractivity contribution < 1.29 is 19.1 Å². The Morgan fingerprint density at radius 1 is 1.02 bits per heavy atom. The van der Waals surface area contributed by atoms with E-state index in [2.05, 4.69) is 43.5 Å². The van der Waals surface area contributed by atoms with Crippen LogP contribution in [0.5, 0.6) is 0 Å². The maximum Gasteiger partial charge on any atom is 0.359 e. The lowest BCUT2D eigenvalue weighted by Crippen LogP contribution is -2.53. The number of aryl methyl sites for hydroxylation is 2. The van der Waals surface area contributed by atoms with E-state index in [0.717, 1.165) is 47.7 Å². The van der Waals surface area contributed by atoms with Gasteiger partial charge < -0.3 is 29.8 Å². The molecule has 0 saturated heterocycles. The summed E-state index contributed by atoms with van der Waals surface area (Å²) in [4.78, 5) is 50.3. The molecule has 5 rings (SSSR count). The molecule has 1 aliphatic rings. The second kappa shape index (κ2) is 15.3. The summed E-state index contributed by atoms with van der Waals surface area (Å²) in [5.41, 5.74) is 3.70. The fraction of sp³-hybridized carbons (Fsp3) is 0.459. The maximum absolute atomic E-state index is 14.1. The lowest BCUT2D eigenvalue weighted by atomic mass is 9.94. The van der Waals surface area contributed by atoms with E-state index in [1.807, 2.05) is 70.4 Å². The largest absolute Gasteiger partial charge is 0.456 e. The number of hydrogen-bond donors (Lipinski definition) is 3. The number of esters is 1. The number of hydrogen-bond acceptors (Lipinski definition) is 5. The van der Waals surface area contributed by atoms with Gasteiger partial charge in [0.2, 0.25) is 5.91 Å². The van der Waals surface area contributed by atoms with Gasteiger partial charge in [-0.2, -0.15) is 0 Å². The van der Waals surface area contributed by atoms with Gasteiger partial charge in [0, 0.05) is 49.4 Å². The van der Waals surface area contributed by atoms with E-state index in [-0.39, 0.29) is 36.2 Å². The van der Waals surface area contributed by atoms with Crippen LogP contribution in [0.3, 0.4) is 0 Å². The summed E-state index contributed by atoms with van der Waals surface area (Å²) in [6.07, 6.45) is 8.32. The fourth-order valence-electron chi connectivity index (χ4n) is 6.52. The number of carbonyl (C=O) groups is 3. The van der Waals surface area contributed by atoms with Crippen LogP contribution in [0.1, 0.15) is 91.5 Å². The van der Waals surface area contributed by atoms with E-state index in [1.54, 1.807) is 11.8 Å². The predicted molar refractivity (Wildman–Crippen MR) is 183 cm³/mol. The number of ether oxygens (including phenoxy) is 1. The third kappa shape index (κ3) is 8.41. The van der Waals surface area contributed by atoms with Gasteiger partial charge >= 0.3 is 12.0 Å². The van der Waals surface area contributed by atoms with Crippen LogP contribution in [-0.2, 0) is 29.6 Å². The highest BCUT2D eigenvalue weighted by atomic mass is 16.5. The Bertz CT molecular complexity index is 1670. The molecule has 10 nitrogen and oxygen atoms in total. The number of aromatic amines is 1. The van der Waals surface area contributed by atoms with Crippen molar-refractivity contribution in [3.8, 4) is 0 Å². The van der Waals surface area contributed by atoms with Crippen molar-refractivity contribution in [1.29, 1.82) is 0 Å². The van der Waals surface area contributed by atoms with Crippen LogP contribution in [0.25, 0.3) is 10.9 Å². The third-order valence-electron chi connectivity index (χ3n) is 9.12. The maximum atomic E-state index is 14.1. The topological polar surface area (TPSA) is 121 Å². The number of nitrogens with zero attached hydrogens (tertiary/aromatic N) is 3. The number of fused-ring (bicyclic) bond motifs is 1. The smallest absolute Gasteiger partial charge is 0.359 e. The quantitative estimate of drug-likeness (QED) is 0.156. The van der Waals surface area contributed by atoms with E-state index >= 15 is 0 Å². The fourth-order valence-corrected chi connectivity index (χ4v) is 6.52. The summed E-state index contributed by atoms with van der Waals surface area (Å²) in [6, 6.07) is 16.2. The van der Waals surface area contributed by atoms with Gasteiger partial charge in [0.1, 0.15) is 18.5 Å². The Balaban J connectivity index is 1.40. The van der Waals surface area contributed by atoms with Crippen molar-refractivity contribution in [2.24, 2.45) is 13.0 Å². The van der Waals surface area contributed by atoms with Crippen molar-refractivity contribution in [1.82, 2.24) is 30.1 Å². The molecule has 0 spiro atoms. The summed E-state index contributed by atoms with van der Waals surface area (Å²) in [5, 5.41) is 7.30. The van der Waals surface area contributed by atoms with E-state index in [4.69, 9.17) is 4.74 Å². The number of carbonyl (C=O) groups excluding carboxylic acids is 3. The monoisotopic (exact) mass is 640 g/mol. The first kappa shape index (κ1) is 33.8. The Kier molecular flexibility index (Phi) is 11.0. The van der Waals surface area contributed by atoms with Gasteiger partial charge in [-0.1, -0.05) is 81.6 Å². The minimum absolute atomic E-state index is 0.128. The average Bonchev–Trinajstić information content (AvgIpc) is 3.62. The van der Waals surface area contributed by atoms with E-state index in [9.17, 15) is 14.4 Å². The van der Waals surface area contributed by atoms with Gasteiger partial charge in [-0.3, -0.25) is 4.79 Å². The van der Waals surface area contributed by atoms with Gasteiger partial charge in [0.05, 0.1) is 6.04 Å². The zero-order valence-corrected chi connectivity index (χ0v) is 28.2. The number of H-pyrrole nitrogens is 1. The normalized spacial score (nSPS) is 14.9. The molecule has 2 atom stereocenters. The van der Waals surface area contributed by atoms with E-state index in [1.165, 1.54) is 6.42 Å². The summed E-state index contributed by atoms with van der Waals surface area (Å²) >= 11 is 0. The minimum atomic E-state index is -0.741. The van der Waals surface area contributed by atoms with Crippen molar-refractivity contribution in [3.63, 3.8) is 0 Å². The molecule has 10 heteroatoms. The molecule has 0 unspecified atom stereocenters. The molecule has 1 fully saturated rings. The molecule has 47 heavy (non-hydrogen) atoms. The first-order valence-corrected chi connectivity index (χ1v) is 16.7. The number of para-hydroxylation sites is 1. The summed E-state index contributed by atoms with van der Waals surface area (Å²) in [7, 11) is 3.82. The molecule has 3 N–H and O–H groups in total. The number of aromatic nitrogens is 3. The first-order chi connectivity index (χ1) is 22.6. The zero-order valence-electron chi connectivity index (χ0n) is 28.2. The van der Waals surface area contributed by atoms with Crippen LogP contribution in [0.15, 0.2) is 60.8 Å². The number of urea groups is 1. The second-order valence-corrected chi connectivity index (χ2v) is 13.2. The molecule has 0 radical (unpaired) electrons. The van der Waals surface area contributed by atoms with Crippen LogP contribution >= 0.6 is 0 Å². The van der Waals surface area contributed by atoms with Crippen LogP contribution < -0.4 is 10.6 Å². The van der Waals surface area contributed by atoms with Crippen LogP contribution in [0.4, 0.5) is 4.79 Å². The number of amides is 3. The molecular weight excluding hydrogens is 592 g/mol. The predicted octanol–water partition coefficient (Wildman–Crippen LogP) is 6.36. The highest BCUT2D eigenvalue weighted by molar-refractivity contribution is 5.89. The summed E-state index contributed by atoms with van der Waals surface area (Å²) < 4.78 is 7.64. The van der Waals surface area contributed by atoms with Crippen LogP contribution in [0, 0.1) is 12.8 Å². The second-order valence-electron chi connectivity index (χ2n) is 13.2. The SMILES string of the molecule is Cc1[nH]c([C@@H](Cc2cn(C)c3ccccc23)NC(=O)[C@H](CC(C)C)NC(=O)N(C)C2CCCCC2)nc1C(=O)OCc1ccccc1. The van der Waals surface area contributed by atoms with E-state index < -0.39 is 18.1 Å². The molecule has 4 aromatic rings. The standard InChI is InChI=1S/C37H48N6O4/c1-24(2)20-31(40-37(46)43(5)28-16-10-7-11-17-28)35(44)39-30(21-27-22-42(4)32-19-13-12-18-29(27)32)34-38-25(3)33(41-34)36(45)47-23-26-14-8-6-9-15-26/h6,8-9,12-15,18-19,22,24,28,30-31H,7,10-11,16-17,20-21,23H2,1-5H3,(H,38,41)(H,39,44)(H,40,46)/t30-,31+/m1/s1. The Labute approximate surface area is 277 Å². The highest BCUT2D eigenvalue weighted by Crippen LogP contribution is 2.27. The van der Waals surface area contributed by atoms with Gasteiger partial charge in [0.15, 0.2) is 5.69 Å². The lowest BCUT2D eigenvalue weighted by molar-refractivity contribution is -0.124. The molecule has 2 aromatic carbocycles. The number of benzene rings is 2. The lowest BCUT2D eigenvalue weighted by Gasteiger charge is -2.33. The number of rotatable bonds is 12. The zero-order chi connectivity index (χ0) is 33.5. The summed E-state index contributed by atoms with van der Waals surface area (Å²) in [6.45, 7) is 5.97. The molecule has 2 heterocycles. The average molecular weight is 641 g/mol. The third-order valence-corrected chi connectivity index (χ3v) is 9.12. The molecule has 3 amide bonds. The molecule has 2 aromatic heterocycles.